The molecule has 0 bridgehead atoms. The van der Waals surface area contributed by atoms with Gasteiger partial charge < -0.3 is 14.4 Å². The first-order valence-corrected chi connectivity index (χ1v) is 5.82. The molecule has 6 heteroatoms. The molecule has 1 fully saturated rings. The van der Waals surface area contributed by atoms with Crippen molar-refractivity contribution in [3.8, 4) is 0 Å². The molecule has 18 heavy (non-hydrogen) atoms. The summed E-state index contributed by atoms with van der Waals surface area (Å²) >= 11 is 0. The van der Waals surface area contributed by atoms with Crippen molar-refractivity contribution in [2.24, 2.45) is 5.92 Å². The number of rotatable bonds is 2. The van der Waals surface area contributed by atoms with Crippen LogP contribution >= 0.6 is 0 Å². The van der Waals surface area contributed by atoms with Crippen LogP contribution < -0.4 is 0 Å². The zero-order valence-corrected chi connectivity index (χ0v) is 10.4. The van der Waals surface area contributed by atoms with Gasteiger partial charge in [-0.05, 0) is 33.0 Å². The first-order chi connectivity index (χ1) is 8.54. The van der Waals surface area contributed by atoms with Gasteiger partial charge in [0.25, 0.3) is 5.78 Å². The minimum atomic E-state index is -0.982. The minimum Gasteiger partial charge on any atom is -0.465 e. The van der Waals surface area contributed by atoms with E-state index in [0.29, 0.717) is 0 Å². The predicted molar refractivity (Wildman–Crippen MR) is 60.4 cm³/mol. The summed E-state index contributed by atoms with van der Waals surface area (Å²) in [7, 11) is 3.18. The van der Waals surface area contributed by atoms with Gasteiger partial charge in [0.1, 0.15) is 5.76 Å². The quantitative estimate of drug-likeness (QED) is 0.388. The summed E-state index contributed by atoms with van der Waals surface area (Å²) < 4.78 is 9.49. The van der Waals surface area contributed by atoms with E-state index >= 15 is 0 Å². The monoisotopic (exact) mass is 253 g/mol. The lowest BCUT2D eigenvalue weighted by Crippen LogP contribution is -2.31. The molecule has 2 aliphatic heterocycles. The number of carbonyl (C=O) groups is 3. The SMILES string of the molecule is COC(=O)C1=C(C2CCN(C)CC2)OC(=O)C1=O. The molecule has 0 N–H and O–H groups in total. The molecule has 1 saturated heterocycles. The van der Waals surface area contributed by atoms with Crippen molar-refractivity contribution < 1.29 is 23.9 Å². The van der Waals surface area contributed by atoms with Gasteiger partial charge >= 0.3 is 11.9 Å². The third-order valence-corrected chi connectivity index (χ3v) is 3.34. The molecule has 98 valence electrons. The van der Waals surface area contributed by atoms with Crippen molar-refractivity contribution in [1.82, 2.24) is 4.90 Å². The molecular formula is C12H15NO5. The first-order valence-electron chi connectivity index (χ1n) is 5.82. The number of esters is 2. The molecule has 0 aromatic carbocycles. The van der Waals surface area contributed by atoms with E-state index in [4.69, 9.17) is 4.74 Å². The largest absolute Gasteiger partial charge is 0.465 e. The number of nitrogens with zero attached hydrogens (tertiary/aromatic N) is 1. The van der Waals surface area contributed by atoms with Crippen LogP contribution in [-0.4, -0.2) is 49.9 Å². The van der Waals surface area contributed by atoms with E-state index in [1.807, 2.05) is 7.05 Å². The highest BCUT2D eigenvalue weighted by Crippen LogP contribution is 2.32. The van der Waals surface area contributed by atoms with E-state index < -0.39 is 17.7 Å². The Balaban J connectivity index is 2.27. The number of ketones is 1. The first kappa shape index (κ1) is 12.8. The Morgan fingerprint density at radius 3 is 2.50 bits per heavy atom. The lowest BCUT2D eigenvalue weighted by Gasteiger charge is -2.28. The van der Waals surface area contributed by atoms with E-state index in [0.717, 1.165) is 25.9 Å². The highest BCUT2D eigenvalue weighted by molar-refractivity contribution is 6.48. The van der Waals surface area contributed by atoms with E-state index in [-0.39, 0.29) is 17.3 Å². The second-order valence-electron chi connectivity index (χ2n) is 4.53. The van der Waals surface area contributed by atoms with Crippen molar-refractivity contribution in [2.45, 2.75) is 12.8 Å². The molecule has 0 aliphatic carbocycles. The summed E-state index contributed by atoms with van der Waals surface area (Å²) in [4.78, 5) is 36.6. The summed E-state index contributed by atoms with van der Waals surface area (Å²) in [6.07, 6.45) is 1.51. The number of likely N-dealkylation sites (tertiary alicyclic amines) is 1. The number of hydrogen-bond acceptors (Lipinski definition) is 6. The van der Waals surface area contributed by atoms with Gasteiger partial charge in [0.05, 0.1) is 7.11 Å². The van der Waals surface area contributed by atoms with Crippen molar-refractivity contribution in [1.29, 1.82) is 0 Å². The maximum atomic E-state index is 11.6. The summed E-state index contributed by atoms with van der Waals surface area (Å²) in [6.45, 7) is 1.68. The smallest absolute Gasteiger partial charge is 0.385 e. The summed E-state index contributed by atoms with van der Waals surface area (Å²) in [5.41, 5.74) is -0.225. The van der Waals surface area contributed by atoms with Gasteiger partial charge in [-0.15, -0.1) is 0 Å². The van der Waals surface area contributed by atoms with Crippen molar-refractivity contribution in [2.75, 3.05) is 27.2 Å². The molecule has 0 aromatic heterocycles. The molecule has 2 rings (SSSR count). The minimum absolute atomic E-state index is 0.0642. The van der Waals surface area contributed by atoms with Crippen molar-refractivity contribution >= 4 is 17.7 Å². The molecule has 0 amide bonds. The van der Waals surface area contributed by atoms with Gasteiger partial charge in [0.15, 0.2) is 5.57 Å². The molecule has 0 aromatic rings. The average molecular weight is 253 g/mol. The second kappa shape index (κ2) is 4.89. The molecular weight excluding hydrogens is 238 g/mol. The average Bonchev–Trinajstić information content (AvgIpc) is 2.66. The zero-order chi connectivity index (χ0) is 13.3. The van der Waals surface area contributed by atoms with Crippen LogP contribution in [0.15, 0.2) is 11.3 Å². The number of carbonyl (C=O) groups excluding carboxylic acids is 3. The van der Waals surface area contributed by atoms with E-state index in [1.54, 1.807) is 0 Å². The van der Waals surface area contributed by atoms with Crippen LogP contribution in [0.1, 0.15) is 12.8 Å². The number of methoxy groups -OCH3 is 1. The molecule has 0 atom stereocenters. The highest BCUT2D eigenvalue weighted by Gasteiger charge is 2.42. The molecule has 2 aliphatic rings. The summed E-state index contributed by atoms with van der Waals surface area (Å²) in [5, 5.41) is 0. The number of Topliss-reactive ketones (excluding diaryl/α,β-unsaturated/α-hetero) is 1. The molecule has 6 nitrogen and oxygen atoms in total. The number of ether oxygens (including phenoxy) is 2. The Morgan fingerprint density at radius 1 is 1.33 bits per heavy atom. The van der Waals surface area contributed by atoms with Crippen molar-refractivity contribution in [3.63, 3.8) is 0 Å². The fraction of sp³-hybridized carbons (Fsp3) is 0.583. The van der Waals surface area contributed by atoms with Gasteiger partial charge in [-0.2, -0.15) is 0 Å². The van der Waals surface area contributed by atoms with E-state index in [2.05, 4.69) is 9.64 Å². The fourth-order valence-corrected chi connectivity index (χ4v) is 2.26. The van der Waals surface area contributed by atoms with Crippen LogP contribution in [0.2, 0.25) is 0 Å². The maximum absolute atomic E-state index is 11.6. The highest BCUT2D eigenvalue weighted by atomic mass is 16.6. The Bertz CT molecular complexity index is 432. The normalized spacial score (nSPS) is 22.3. The van der Waals surface area contributed by atoms with Crippen LogP contribution in [0.4, 0.5) is 0 Å². The Hall–Kier alpha value is -1.69. The predicted octanol–water partition coefficient (Wildman–Crippen LogP) is -0.119. The maximum Gasteiger partial charge on any atom is 0.385 e. The molecule has 2 heterocycles. The van der Waals surface area contributed by atoms with Gasteiger partial charge in [0.2, 0.25) is 0 Å². The van der Waals surface area contributed by atoms with Gasteiger partial charge in [-0.3, -0.25) is 4.79 Å². The Morgan fingerprint density at radius 2 is 1.94 bits per heavy atom. The van der Waals surface area contributed by atoms with E-state index in [9.17, 15) is 14.4 Å². The zero-order valence-electron chi connectivity index (χ0n) is 10.4. The van der Waals surface area contributed by atoms with Crippen LogP contribution in [0.5, 0.6) is 0 Å². The molecule has 0 saturated carbocycles. The second-order valence-corrected chi connectivity index (χ2v) is 4.53. The topological polar surface area (TPSA) is 72.9 Å². The standard InChI is InChI=1S/C12H15NO5/c1-13-5-3-7(4-6-13)10-8(11(15)17-2)9(14)12(16)18-10/h7H,3-6H2,1-2H3. The third-order valence-electron chi connectivity index (χ3n) is 3.34. The van der Waals surface area contributed by atoms with Crippen molar-refractivity contribution in [3.05, 3.63) is 11.3 Å². The number of cyclic esters (lactones) is 1. The molecule has 0 spiro atoms. The van der Waals surface area contributed by atoms with Gasteiger partial charge in [-0.25, -0.2) is 9.59 Å². The fourth-order valence-electron chi connectivity index (χ4n) is 2.26. The lowest BCUT2D eigenvalue weighted by molar-refractivity contribution is -0.148. The lowest BCUT2D eigenvalue weighted by atomic mass is 9.92. The number of piperidine rings is 1. The van der Waals surface area contributed by atoms with Crippen LogP contribution in [-0.2, 0) is 23.9 Å². The number of hydrogen-bond donors (Lipinski definition) is 0. The van der Waals surface area contributed by atoms with E-state index in [1.165, 1.54) is 7.11 Å². The van der Waals surface area contributed by atoms with Crippen LogP contribution in [0.25, 0.3) is 0 Å². The van der Waals surface area contributed by atoms with Gasteiger partial charge in [0, 0.05) is 5.92 Å². The van der Waals surface area contributed by atoms with Crippen LogP contribution in [0, 0.1) is 5.92 Å². The summed E-state index contributed by atoms with van der Waals surface area (Å²) in [6, 6.07) is 0. The Kier molecular flexibility index (Phi) is 3.47. The van der Waals surface area contributed by atoms with Gasteiger partial charge in [-0.1, -0.05) is 0 Å². The summed E-state index contributed by atoms with van der Waals surface area (Å²) in [5.74, 6) is -2.53. The van der Waals surface area contributed by atoms with Crippen LogP contribution in [0.3, 0.4) is 0 Å². The molecule has 0 radical (unpaired) electrons. The number of allylic oxidation sites excluding steroid dienone is 1. The molecule has 0 unspecified atom stereocenters. The Labute approximate surface area is 105 Å². The third kappa shape index (κ3) is 2.15.